The van der Waals surface area contributed by atoms with Gasteiger partial charge in [-0.05, 0) is 37.1 Å². The van der Waals surface area contributed by atoms with Crippen molar-refractivity contribution in [2.75, 3.05) is 18.2 Å². The molecule has 0 aliphatic heterocycles. The number of methoxy groups -OCH3 is 1. The van der Waals surface area contributed by atoms with Gasteiger partial charge >= 0.3 is 5.97 Å². The standard InChI is InChI=1S/C28H28N4O4S2/c1-5-13-32-23(15-36-20-9-7-6-8-10-20)30-31-28(32)38-17-24(33)29-26-25(27(34)35-4)22(16-37-26)21-14-18(2)11-12-19(21)3/h5-12,14,16H,1,13,15,17H2,2-4H3,(H,29,33). The molecule has 0 atom stereocenters. The van der Waals surface area contributed by atoms with Gasteiger partial charge in [-0.3, -0.25) is 9.36 Å². The maximum Gasteiger partial charge on any atom is 0.341 e. The molecule has 4 rings (SSSR count). The van der Waals surface area contributed by atoms with Crippen molar-refractivity contribution in [2.24, 2.45) is 0 Å². The van der Waals surface area contributed by atoms with E-state index in [0.717, 1.165) is 28.0 Å². The van der Waals surface area contributed by atoms with Crippen LogP contribution in [0.5, 0.6) is 5.75 Å². The van der Waals surface area contributed by atoms with E-state index in [1.54, 1.807) is 6.08 Å². The van der Waals surface area contributed by atoms with E-state index in [0.29, 0.717) is 28.1 Å². The van der Waals surface area contributed by atoms with Crippen LogP contribution in [0.3, 0.4) is 0 Å². The fourth-order valence-corrected chi connectivity index (χ4v) is 5.51. The number of benzene rings is 2. The topological polar surface area (TPSA) is 95.3 Å². The molecule has 0 saturated carbocycles. The number of nitrogens with zero attached hydrogens (tertiary/aromatic N) is 3. The summed E-state index contributed by atoms with van der Waals surface area (Å²) < 4.78 is 12.7. The first-order valence-corrected chi connectivity index (χ1v) is 13.7. The number of rotatable bonds is 11. The van der Waals surface area contributed by atoms with Crippen LogP contribution in [0.4, 0.5) is 5.00 Å². The zero-order chi connectivity index (χ0) is 27.1. The van der Waals surface area contributed by atoms with E-state index in [4.69, 9.17) is 9.47 Å². The van der Waals surface area contributed by atoms with Gasteiger partial charge in [0, 0.05) is 17.5 Å². The molecule has 10 heteroatoms. The van der Waals surface area contributed by atoms with Crippen LogP contribution in [0, 0.1) is 13.8 Å². The van der Waals surface area contributed by atoms with Crippen molar-refractivity contribution >= 4 is 40.0 Å². The van der Waals surface area contributed by atoms with Crippen molar-refractivity contribution in [3.8, 4) is 16.9 Å². The molecule has 0 aliphatic rings. The molecule has 0 spiro atoms. The minimum Gasteiger partial charge on any atom is -0.486 e. The van der Waals surface area contributed by atoms with Gasteiger partial charge in [0.2, 0.25) is 5.91 Å². The number of thioether (sulfide) groups is 1. The largest absolute Gasteiger partial charge is 0.486 e. The number of carbonyl (C=O) groups is 2. The second kappa shape index (κ2) is 12.6. The number of esters is 1. The molecule has 0 unspecified atom stereocenters. The lowest BCUT2D eigenvalue weighted by molar-refractivity contribution is -0.113. The van der Waals surface area contributed by atoms with Gasteiger partial charge in [0.1, 0.15) is 22.9 Å². The molecule has 0 fully saturated rings. The number of thiophene rings is 1. The van der Waals surface area contributed by atoms with Crippen LogP contribution in [-0.4, -0.2) is 39.5 Å². The predicted molar refractivity (Wildman–Crippen MR) is 151 cm³/mol. The highest BCUT2D eigenvalue weighted by Gasteiger charge is 2.24. The Morgan fingerprint density at radius 3 is 2.66 bits per heavy atom. The first-order valence-electron chi connectivity index (χ1n) is 11.8. The quantitative estimate of drug-likeness (QED) is 0.142. The number of allylic oxidation sites excluding steroid dienone is 1. The molecule has 38 heavy (non-hydrogen) atoms. The van der Waals surface area contributed by atoms with E-state index in [1.807, 2.05) is 72.3 Å². The number of carbonyl (C=O) groups excluding carboxylic acids is 2. The average Bonchev–Trinajstić information content (AvgIpc) is 3.51. The fourth-order valence-electron chi connectivity index (χ4n) is 3.78. The summed E-state index contributed by atoms with van der Waals surface area (Å²) in [5.41, 5.74) is 4.12. The Kier molecular flexibility index (Phi) is 8.98. The second-order valence-electron chi connectivity index (χ2n) is 8.40. The van der Waals surface area contributed by atoms with Crippen LogP contribution in [0.2, 0.25) is 0 Å². The summed E-state index contributed by atoms with van der Waals surface area (Å²) in [6.07, 6.45) is 1.74. The molecular weight excluding hydrogens is 520 g/mol. The molecule has 0 saturated heterocycles. The molecule has 2 aromatic carbocycles. The Morgan fingerprint density at radius 2 is 1.92 bits per heavy atom. The summed E-state index contributed by atoms with van der Waals surface area (Å²) in [6.45, 7) is 8.50. The second-order valence-corrected chi connectivity index (χ2v) is 10.2. The highest BCUT2D eigenvalue weighted by Crippen LogP contribution is 2.38. The molecule has 4 aromatic rings. The van der Waals surface area contributed by atoms with E-state index in [1.165, 1.54) is 30.2 Å². The molecule has 2 heterocycles. The van der Waals surface area contributed by atoms with Crippen molar-refractivity contribution in [3.05, 3.63) is 89.1 Å². The van der Waals surface area contributed by atoms with Crippen molar-refractivity contribution < 1.29 is 19.1 Å². The minimum absolute atomic E-state index is 0.0755. The van der Waals surface area contributed by atoms with Crippen molar-refractivity contribution in [1.82, 2.24) is 14.8 Å². The number of aromatic nitrogens is 3. The predicted octanol–water partition coefficient (Wildman–Crippen LogP) is 5.91. The van der Waals surface area contributed by atoms with Gasteiger partial charge in [-0.1, -0.05) is 59.8 Å². The molecule has 1 N–H and O–H groups in total. The van der Waals surface area contributed by atoms with Gasteiger partial charge in [-0.25, -0.2) is 4.79 Å². The van der Waals surface area contributed by atoms with Gasteiger partial charge in [0.05, 0.1) is 12.9 Å². The monoisotopic (exact) mass is 548 g/mol. The third-order valence-corrected chi connectivity index (χ3v) is 7.53. The number of anilines is 1. The summed E-state index contributed by atoms with van der Waals surface area (Å²) in [5.74, 6) is 0.656. The lowest BCUT2D eigenvalue weighted by atomic mass is 9.97. The van der Waals surface area contributed by atoms with Gasteiger partial charge < -0.3 is 14.8 Å². The first-order chi connectivity index (χ1) is 18.4. The first kappa shape index (κ1) is 27.2. The van der Waals surface area contributed by atoms with Crippen molar-refractivity contribution in [3.63, 3.8) is 0 Å². The van der Waals surface area contributed by atoms with Gasteiger partial charge in [0.15, 0.2) is 11.0 Å². The minimum atomic E-state index is -0.501. The summed E-state index contributed by atoms with van der Waals surface area (Å²) in [4.78, 5) is 25.6. The molecule has 8 nitrogen and oxygen atoms in total. The Morgan fingerprint density at radius 1 is 1.13 bits per heavy atom. The number of amides is 1. The van der Waals surface area contributed by atoms with Crippen LogP contribution >= 0.6 is 23.1 Å². The van der Waals surface area contributed by atoms with Crippen LogP contribution in [0.25, 0.3) is 11.1 Å². The van der Waals surface area contributed by atoms with Gasteiger partial charge in [0.25, 0.3) is 0 Å². The highest BCUT2D eigenvalue weighted by atomic mass is 32.2. The number of para-hydroxylation sites is 1. The molecule has 0 radical (unpaired) electrons. The highest BCUT2D eigenvalue weighted by molar-refractivity contribution is 7.99. The number of ether oxygens (including phenoxy) is 2. The lowest BCUT2D eigenvalue weighted by Gasteiger charge is -2.11. The normalized spacial score (nSPS) is 10.7. The van der Waals surface area contributed by atoms with E-state index < -0.39 is 5.97 Å². The van der Waals surface area contributed by atoms with E-state index in [2.05, 4.69) is 22.1 Å². The SMILES string of the molecule is C=CCn1c(COc2ccccc2)nnc1SCC(=O)Nc1scc(-c2cc(C)ccc2C)c1C(=O)OC. The van der Waals surface area contributed by atoms with E-state index in [9.17, 15) is 9.59 Å². The Labute approximate surface area is 229 Å². The lowest BCUT2D eigenvalue weighted by Crippen LogP contribution is -2.16. The molecule has 2 aromatic heterocycles. The molecule has 196 valence electrons. The fraction of sp³-hybridized carbons (Fsp3) is 0.214. The Hall–Kier alpha value is -3.89. The summed E-state index contributed by atoms with van der Waals surface area (Å²) in [7, 11) is 1.33. The van der Waals surface area contributed by atoms with Crippen molar-refractivity contribution in [1.29, 1.82) is 0 Å². The van der Waals surface area contributed by atoms with Crippen molar-refractivity contribution in [2.45, 2.75) is 32.2 Å². The molecule has 0 bridgehead atoms. The Balaban J connectivity index is 1.47. The number of aryl methyl sites for hydroxylation is 2. The van der Waals surface area contributed by atoms with E-state index in [-0.39, 0.29) is 18.3 Å². The molecule has 1 amide bonds. The number of hydrogen-bond acceptors (Lipinski definition) is 8. The summed E-state index contributed by atoms with van der Waals surface area (Å²) in [5, 5.41) is 14.3. The third-order valence-electron chi connectivity index (χ3n) is 5.67. The van der Waals surface area contributed by atoms with Crippen LogP contribution in [-0.2, 0) is 22.7 Å². The molecule has 0 aliphatic carbocycles. The maximum atomic E-state index is 12.9. The zero-order valence-electron chi connectivity index (χ0n) is 21.4. The van der Waals surface area contributed by atoms with E-state index >= 15 is 0 Å². The van der Waals surface area contributed by atoms with Crippen LogP contribution in [0.15, 0.2) is 71.7 Å². The zero-order valence-corrected chi connectivity index (χ0v) is 23.0. The third kappa shape index (κ3) is 6.32. The maximum absolute atomic E-state index is 12.9. The van der Waals surface area contributed by atoms with Crippen LogP contribution in [0.1, 0.15) is 27.3 Å². The molecular formula is C28H28N4O4S2. The van der Waals surface area contributed by atoms with Crippen LogP contribution < -0.4 is 10.1 Å². The summed E-state index contributed by atoms with van der Waals surface area (Å²) >= 11 is 2.54. The average molecular weight is 549 g/mol. The number of hydrogen-bond donors (Lipinski definition) is 1. The smallest absolute Gasteiger partial charge is 0.341 e. The Bertz CT molecular complexity index is 1450. The van der Waals surface area contributed by atoms with Gasteiger partial charge in [-0.15, -0.1) is 28.1 Å². The number of nitrogens with one attached hydrogen (secondary N) is 1. The summed E-state index contributed by atoms with van der Waals surface area (Å²) in [6, 6.07) is 15.5. The van der Waals surface area contributed by atoms with Gasteiger partial charge in [-0.2, -0.15) is 0 Å².